The highest BCUT2D eigenvalue weighted by Gasteiger charge is 2.23. The van der Waals surface area contributed by atoms with Crippen LogP contribution in [0.4, 0.5) is 17.1 Å². The summed E-state index contributed by atoms with van der Waals surface area (Å²) in [5.41, 5.74) is 3.68. The third-order valence-electron chi connectivity index (χ3n) is 6.49. The summed E-state index contributed by atoms with van der Waals surface area (Å²) in [6, 6.07) is 25.3. The molecule has 0 aliphatic carbocycles. The molecule has 7 heteroatoms. The highest BCUT2D eigenvalue weighted by atomic mass is 16.6. The zero-order valence-corrected chi connectivity index (χ0v) is 19.8. The summed E-state index contributed by atoms with van der Waals surface area (Å²) >= 11 is 0. The highest BCUT2D eigenvalue weighted by Crippen LogP contribution is 2.35. The Morgan fingerprint density at radius 1 is 0.912 bits per heavy atom. The molecule has 3 aromatic rings. The maximum absolute atomic E-state index is 11.9. The van der Waals surface area contributed by atoms with Crippen molar-refractivity contribution in [2.45, 2.75) is 25.6 Å². The van der Waals surface area contributed by atoms with E-state index in [-0.39, 0.29) is 22.9 Å². The van der Waals surface area contributed by atoms with E-state index in [1.54, 1.807) is 13.2 Å². The van der Waals surface area contributed by atoms with Crippen LogP contribution in [-0.4, -0.2) is 49.3 Å². The molecule has 0 radical (unpaired) electrons. The van der Waals surface area contributed by atoms with Gasteiger partial charge in [-0.2, -0.15) is 0 Å². The van der Waals surface area contributed by atoms with Crippen LogP contribution in [0, 0.1) is 10.1 Å². The van der Waals surface area contributed by atoms with Gasteiger partial charge in [-0.05, 0) is 36.6 Å². The molecule has 0 bridgehead atoms. The number of methoxy groups -OCH3 is 1. The van der Waals surface area contributed by atoms with E-state index in [1.165, 1.54) is 0 Å². The summed E-state index contributed by atoms with van der Waals surface area (Å²) in [7, 11) is 1.73. The molecule has 7 nitrogen and oxygen atoms in total. The van der Waals surface area contributed by atoms with Crippen molar-refractivity contribution >= 4 is 17.1 Å². The van der Waals surface area contributed by atoms with Crippen LogP contribution in [0.3, 0.4) is 0 Å². The van der Waals surface area contributed by atoms with E-state index in [9.17, 15) is 10.1 Å². The van der Waals surface area contributed by atoms with Crippen LogP contribution in [0.1, 0.15) is 30.5 Å². The number of anilines is 2. The van der Waals surface area contributed by atoms with Gasteiger partial charge in [0.15, 0.2) is 0 Å². The smallest absolute Gasteiger partial charge is 0.292 e. The Bertz CT molecular complexity index is 1040. The molecule has 1 unspecified atom stereocenters. The Morgan fingerprint density at radius 2 is 1.56 bits per heavy atom. The lowest BCUT2D eigenvalue weighted by molar-refractivity contribution is -0.384. The Kier molecular flexibility index (Phi) is 7.77. The van der Waals surface area contributed by atoms with Crippen molar-refractivity contribution in [1.82, 2.24) is 4.90 Å². The summed E-state index contributed by atoms with van der Waals surface area (Å²) in [5, 5.41) is 15.4. The van der Waals surface area contributed by atoms with Gasteiger partial charge in [0.1, 0.15) is 11.9 Å². The molecular formula is C27H32N4O3. The Morgan fingerprint density at radius 3 is 2.15 bits per heavy atom. The molecule has 1 heterocycles. The van der Waals surface area contributed by atoms with Crippen molar-refractivity contribution in [3.63, 3.8) is 0 Å². The summed E-state index contributed by atoms with van der Waals surface area (Å²) in [4.78, 5) is 16.2. The molecule has 0 saturated carbocycles. The van der Waals surface area contributed by atoms with E-state index in [2.05, 4.69) is 22.0 Å². The van der Waals surface area contributed by atoms with Crippen LogP contribution in [0.15, 0.2) is 78.9 Å². The second kappa shape index (κ2) is 11.1. The standard InChI is InChI=1S/C27H32N4O3/c1-21(34-2)29-16-9-17-30(19-18-29)24-14-15-26(31(32)33)25(20-24)28-27(22-10-5-3-6-11-22)23-12-7-4-8-13-23/h3-8,10-15,20-21,27-28H,9,16-19H2,1-2H3. The fourth-order valence-corrected chi connectivity index (χ4v) is 4.51. The molecule has 178 valence electrons. The zero-order valence-electron chi connectivity index (χ0n) is 19.8. The van der Waals surface area contributed by atoms with E-state index in [0.29, 0.717) is 5.69 Å². The molecule has 34 heavy (non-hydrogen) atoms. The molecule has 1 saturated heterocycles. The van der Waals surface area contributed by atoms with Crippen molar-refractivity contribution < 1.29 is 9.66 Å². The van der Waals surface area contributed by atoms with Crippen LogP contribution < -0.4 is 10.2 Å². The molecule has 1 N–H and O–H groups in total. The lowest BCUT2D eigenvalue weighted by atomic mass is 9.98. The van der Waals surface area contributed by atoms with Crippen LogP contribution in [0.25, 0.3) is 0 Å². The minimum atomic E-state index is -0.316. The lowest BCUT2D eigenvalue weighted by Gasteiger charge is -2.27. The van der Waals surface area contributed by atoms with Gasteiger partial charge in [-0.25, -0.2) is 0 Å². The van der Waals surface area contributed by atoms with Crippen molar-refractivity contribution in [2.75, 3.05) is 43.5 Å². The number of nitrogens with one attached hydrogen (secondary N) is 1. The van der Waals surface area contributed by atoms with E-state index < -0.39 is 0 Å². The Hall–Kier alpha value is -3.42. The highest BCUT2D eigenvalue weighted by molar-refractivity contribution is 5.70. The van der Waals surface area contributed by atoms with E-state index in [1.807, 2.05) is 72.8 Å². The molecule has 0 spiro atoms. The SMILES string of the molecule is COC(C)N1CCCN(c2ccc([N+](=O)[O-])c(NC(c3ccccc3)c3ccccc3)c2)CC1. The first-order valence-electron chi connectivity index (χ1n) is 11.7. The Balaban J connectivity index is 1.65. The van der Waals surface area contributed by atoms with Gasteiger partial charge in [-0.3, -0.25) is 15.0 Å². The van der Waals surface area contributed by atoms with Crippen LogP contribution >= 0.6 is 0 Å². The summed E-state index contributed by atoms with van der Waals surface area (Å²) in [6.45, 7) is 5.65. The molecule has 1 aliphatic rings. The molecule has 1 fully saturated rings. The molecule has 0 amide bonds. The lowest BCUT2D eigenvalue weighted by Crippen LogP contribution is -2.37. The molecule has 1 aliphatic heterocycles. The monoisotopic (exact) mass is 460 g/mol. The van der Waals surface area contributed by atoms with Gasteiger partial charge in [0, 0.05) is 45.0 Å². The van der Waals surface area contributed by atoms with Gasteiger partial charge >= 0.3 is 0 Å². The number of benzene rings is 3. The number of hydrogen-bond acceptors (Lipinski definition) is 6. The molecular weight excluding hydrogens is 428 g/mol. The third-order valence-corrected chi connectivity index (χ3v) is 6.49. The van der Waals surface area contributed by atoms with Crippen molar-refractivity contribution in [3.8, 4) is 0 Å². The van der Waals surface area contributed by atoms with E-state index in [4.69, 9.17) is 4.74 Å². The maximum Gasteiger partial charge on any atom is 0.292 e. The number of ether oxygens (including phenoxy) is 1. The Labute approximate surface area is 201 Å². The first kappa shape index (κ1) is 23.7. The van der Waals surface area contributed by atoms with Crippen LogP contribution in [0.2, 0.25) is 0 Å². The fourth-order valence-electron chi connectivity index (χ4n) is 4.51. The predicted molar refractivity (Wildman–Crippen MR) is 136 cm³/mol. The van der Waals surface area contributed by atoms with Gasteiger partial charge in [-0.15, -0.1) is 0 Å². The zero-order chi connectivity index (χ0) is 23.9. The van der Waals surface area contributed by atoms with Crippen LogP contribution in [-0.2, 0) is 4.74 Å². The molecule has 1 atom stereocenters. The number of nitrogens with zero attached hydrogens (tertiary/aromatic N) is 3. The summed E-state index contributed by atoms with van der Waals surface area (Å²) in [6.07, 6.45) is 1.08. The maximum atomic E-state index is 11.9. The second-order valence-corrected chi connectivity index (χ2v) is 8.57. The van der Waals surface area contributed by atoms with Crippen molar-refractivity contribution in [1.29, 1.82) is 0 Å². The van der Waals surface area contributed by atoms with Gasteiger partial charge in [0.25, 0.3) is 5.69 Å². The summed E-state index contributed by atoms with van der Waals surface area (Å²) < 4.78 is 5.50. The normalized spacial score (nSPS) is 15.7. The van der Waals surface area contributed by atoms with E-state index in [0.717, 1.165) is 49.4 Å². The van der Waals surface area contributed by atoms with Gasteiger partial charge in [-0.1, -0.05) is 60.7 Å². The number of hydrogen-bond donors (Lipinski definition) is 1. The van der Waals surface area contributed by atoms with Crippen molar-refractivity contribution in [2.24, 2.45) is 0 Å². The average molecular weight is 461 g/mol. The van der Waals surface area contributed by atoms with Gasteiger partial charge in [0.05, 0.1) is 11.0 Å². The number of nitro groups is 1. The second-order valence-electron chi connectivity index (χ2n) is 8.57. The number of nitro benzene ring substituents is 1. The first-order chi connectivity index (χ1) is 16.6. The quantitative estimate of drug-likeness (QED) is 0.363. The third kappa shape index (κ3) is 5.55. The van der Waals surface area contributed by atoms with Gasteiger partial charge in [0.2, 0.25) is 0 Å². The van der Waals surface area contributed by atoms with Crippen LogP contribution in [0.5, 0.6) is 0 Å². The average Bonchev–Trinajstić information content (AvgIpc) is 3.14. The molecule has 3 aromatic carbocycles. The topological polar surface area (TPSA) is 70.9 Å². The minimum Gasteiger partial charge on any atom is -0.370 e. The summed E-state index contributed by atoms with van der Waals surface area (Å²) in [5.74, 6) is 0. The van der Waals surface area contributed by atoms with Gasteiger partial charge < -0.3 is 15.0 Å². The largest absolute Gasteiger partial charge is 0.370 e. The van der Waals surface area contributed by atoms with E-state index >= 15 is 0 Å². The number of rotatable bonds is 8. The van der Waals surface area contributed by atoms with Crippen molar-refractivity contribution in [3.05, 3.63) is 100 Å². The minimum absolute atomic E-state index is 0.0741. The fraction of sp³-hybridized carbons (Fsp3) is 0.333. The molecule has 0 aromatic heterocycles. The predicted octanol–water partition coefficient (Wildman–Crippen LogP) is 5.30. The molecule has 4 rings (SSSR count). The first-order valence-corrected chi connectivity index (χ1v) is 11.7.